The van der Waals surface area contributed by atoms with E-state index in [1.165, 1.54) is 0 Å². The summed E-state index contributed by atoms with van der Waals surface area (Å²) in [7, 11) is 0. The minimum Gasteiger partial charge on any atom is -0.508 e. The molecule has 0 radical (unpaired) electrons. The van der Waals surface area contributed by atoms with Gasteiger partial charge >= 0.3 is 0 Å². The van der Waals surface area contributed by atoms with Gasteiger partial charge in [0.15, 0.2) is 11.0 Å². The lowest BCUT2D eigenvalue weighted by molar-refractivity contribution is 0.475. The fraction of sp³-hybridized carbons (Fsp3) is 0. The van der Waals surface area contributed by atoms with E-state index in [0.29, 0.717) is 11.0 Å². The molecule has 2 N–H and O–H groups in total. The fourth-order valence-electron chi connectivity index (χ4n) is 1.88. The van der Waals surface area contributed by atoms with Gasteiger partial charge in [0, 0.05) is 10.8 Å². The Morgan fingerprint density at radius 3 is 2.48 bits per heavy atom. The summed E-state index contributed by atoms with van der Waals surface area (Å²) in [6.45, 7) is 0. The molecule has 0 aliphatic carbocycles. The summed E-state index contributed by atoms with van der Waals surface area (Å²) in [4.78, 5) is 0. The maximum absolute atomic E-state index is 9.21. The quantitative estimate of drug-likeness (QED) is 0.574. The summed E-state index contributed by atoms with van der Waals surface area (Å²) in [5.41, 5.74) is 3.71. The number of phenolic OH excluding ortho intramolecular Hbond substituents is 1. The fourth-order valence-corrected chi connectivity index (χ4v) is 2.08. The van der Waals surface area contributed by atoms with Crippen LogP contribution in [0.3, 0.4) is 0 Å². The van der Waals surface area contributed by atoms with Crippen LogP contribution in [-0.4, -0.2) is 21.5 Å². The zero-order valence-corrected chi connectivity index (χ0v) is 11.6. The van der Waals surface area contributed by atoms with Crippen molar-refractivity contribution >= 4 is 34.4 Å². The predicted octanol–water partition coefficient (Wildman–Crippen LogP) is 3.43. The summed E-state index contributed by atoms with van der Waals surface area (Å²) in [5.74, 6) is 0.750. The molecule has 0 spiro atoms. The van der Waals surface area contributed by atoms with Crippen molar-refractivity contribution in [3.8, 4) is 5.75 Å². The van der Waals surface area contributed by atoms with E-state index in [1.807, 2.05) is 24.3 Å². The zero-order valence-electron chi connectivity index (χ0n) is 10.9. The molecule has 3 aromatic rings. The number of nitrogens with zero attached hydrogens (tertiary/aromatic N) is 3. The van der Waals surface area contributed by atoms with E-state index in [-0.39, 0.29) is 5.75 Å². The molecular formula is C15H11ClN4O. The SMILES string of the molecule is Oc1ccc(/C=N\Nc2nnc(Cl)c3ccccc23)cc1. The van der Waals surface area contributed by atoms with E-state index in [0.717, 1.165) is 16.3 Å². The number of rotatable bonds is 3. The summed E-state index contributed by atoms with van der Waals surface area (Å²) >= 11 is 6.01. The Morgan fingerprint density at radius 2 is 1.71 bits per heavy atom. The molecule has 0 bridgehead atoms. The lowest BCUT2D eigenvalue weighted by Gasteiger charge is -2.04. The third-order valence-corrected chi connectivity index (χ3v) is 3.20. The first kappa shape index (κ1) is 13.3. The average Bonchev–Trinajstić information content (AvgIpc) is 2.52. The van der Waals surface area contributed by atoms with Crippen molar-refractivity contribution in [3.63, 3.8) is 0 Å². The Labute approximate surface area is 125 Å². The molecule has 21 heavy (non-hydrogen) atoms. The van der Waals surface area contributed by atoms with Gasteiger partial charge in [0.1, 0.15) is 5.75 Å². The van der Waals surface area contributed by atoms with Crippen molar-refractivity contribution in [3.05, 3.63) is 59.2 Å². The maximum Gasteiger partial charge on any atom is 0.176 e. The average molecular weight is 299 g/mol. The van der Waals surface area contributed by atoms with Gasteiger partial charge in [-0.2, -0.15) is 5.10 Å². The lowest BCUT2D eigenvalue weighted by Crippen LogP contribution is -1.97. The van der Waals surface area contributed by atoms with E-state index >= 15 is 0 Å². The van der Waals surface area contributed by atoms with Gasteiger partial charge in [-0.15, -0.1) is 10.2 Å². The molecule has 6 heteroatoms. The lowest BCUT2D eigenvalue weighted by atomic mass is 10.2. The van der Waals surface area contributed by atoms with E-state index in [2.05, 4.69) is 20.7 Å². The largest absolute Gasteiger partial charge is 0.508 e. The number of nitrogens with one attached hydrogen (secondary N) is 1. The highest BCUT2D eigenvalue weighted by atomic mass is 35.5. The number of fused-ring (bicyclic) bond motifs is 1. The van der Waals surface area contributed by atoms with Crippen LogP contribution in [0.25, 0.3) is 10.8 Å². The van der Waals surface area contributed by atoms with Gasteiger partial charge < -0.3 is 5.11 Å². The van der Waals surface area contributed by atoms with Crippen LogP contribution >= 0.6 is 11.6 Å². The Morgan fingerprint density at radius 1 is 1.00 bits per heavy atom. The molecule has 0 aliphatic heterocycles. The zero-order chi connectivity index (χ0) is 14.7. The van der Waals surface area contributed by atoms with Crippen LogP contribution in [0.1, 0.15) is 5.56 Å². The molecule has 0 fully saturated rings. The smallest absolute Gasteiger partial charge is 0.176 e. The number of hydrogen-bond acceptors (Lipinski definition) is 5. The van der Waals surface area contributed by atoms with Gasteiger partial charge in [-0.1, -0.05) is 35.9 Å². The summed E-state index contributed by atoms with van der Waals surface area (Å²) in [5, 5.41) is 23.3. The van der Waals surface area contributed by atoms with Gasteiger partial charge in [-0.25, -0.2) is 0 Å². The molecular weight excluding hydrogens is 288 g/mol. The highest BCUT2D eigenvalue weighted by Crippen LogP contribution is 2.25. The predicted molar refractivity (Wildman–Crippen MR) is 83.9 cm³/mol. The minimum absolute atomic E-state index is 0.217. The molecule has 104 valence electrons. The number of anilines is 1. The molecule has 3 rings (SSSR count). The molecule has 0 aliphatic rings. The van der Waals surface area contributed by atoms with Crippen molar-refractivity contribution in [1.82, 2.24) is 10.2 Å². The van der Waals surface area contributed by atoms with E-state index in [1.54, 1.807) is 30.5 Å². The number of hydrogen-bond donors (Lipinski definition) is 2. The van der Waals surface area contributed by atoms with Crippen LogP contribution in [0, 0.1) is 0 Å². The molecule has 0 saturated carbocycles. The highest BCUT2D eigenvalue weighted by molar-refractivity contribution is 6.34. The Balaban J connectivity index is 1.85. The molecule has 0 unspecified atom stereocenters. The number of halogens is 1. The molecule has 1 heterocycles. The third-order valence-electron chi connectivity index (χ3n) is 2.92. The normalized spacial score (nSPS) is 11.1. The summed E-state index contributed by atoms with van der Waals surface area (Å²) in [6, 6.07) is 14.3. The second-order valence-corrected chi connectivity index (χ2v) is 4.70. The van der Waals surface area contributed by atoms with Crippen molar-refractivity contribution in [2.24, 2.45) is 5.10 Å². The van der Waals surface area contributed by atoms with Crippen LogP contribution < -0.4 is 5.43 Å². The third kappa shape index (κ3) is 2.93. The van der Waals surface area contributed by atoms with Crippen LogP contribution in [0.2, 0.25) is 5.15 Å². The molecule has 1 aromatic heterocycles. The monoisotopic (exact) mass is 298 g/mol. The highest BCUT2D eigenvalue weighted by Gasteiger charge is 2.05. The number of hydrazone groups is 1. The number of aromatic hydroxyl groups is 1. The van der Waals surface area contributed by atoms with Crippen LogP contribution in [0.4, 0.5) is 5.82 Å². The van der Waals surface area contributed by atoms with Crippen molar-refractivity contribution < 1.29 is 5.11 Å². The van der Waals surface area contributed by atoms with Gasteiger partial charge in [-0.05, 0) is 29.8 Å². The van der Waals surface area contributed by atoms with Gasteiger partial charge in [0.25, 0.3) is 0 Å². The van der Waals surface area contributed by atoms with E-state index in [9.17, 15) is 5.11 Å². The second-order valence-electron chi connectivity index (χ2n) is 4.35. The maximum atomic E-state index is 9.21. The van der Waals surface area contributed by atoms with Crippen molar-refractivity contribution in [1.29, 1.82) is 0 Å². The van der Waals surface area contributed by atoms with Gasteiger partial charge in [-0.3, -0.25) is 5.43 Å². The Kier molecular flexibility index (Phi) is 3.66. The van der Waals surface area contributed by atoms with Gasteiger partial charge in [0.05, 0.1) is 6.21 Å². The molecule has 0 saturated heterocycles. The molecule has 0 amide bonds. The van der Waals surface area contributed by atoms with Crippen LogP contribution in [0.15, 0.2) is 53.6 Å². The molecule has 2 aromatic carbocycles. The molecule has 0 atom stereocenters. The van der Waals surface area contributed by atoms with E-state index < -0.39 is 0 Å². The van der Waals surface area contributed by atoms with Crippen molar-refractivity contribution in [2.75, 3.05) is 5.43 Å². The minimum atomic E-state index is 0.217. The van der Waals surface area contributed by atoms with Crippen molar-refractivity contribution in [2.45, 2.75) is 0 Å². The Hall–Kier alpha value is -2.66. The number of phenols is 1. The topological polar surface area (TPSA) is 70.4 Å². The first-order chi connectivity index (χ1) is 10.2. The van der Waals surface area contributed by atoms with Crippen LogP contribution in [0.5, 0.6) is 5.75 Å². The summed E-state index contributed by atoms with van der Waals surface area (Å²) < 4.78 is 0. The van der Waals surface area contributed by atoms with Gasteiger partial charge in [0.2, 0.25) is 0 Å². The standard InChI is InChI=1S/C15H11ClN4O/c16-14-12-3-1-2-4-13(12)15(20-18-14)19-17-9-10-5-7-11(21)8-6-10/h1-9,21H,(H,19,20)/b17-9-. The molecule has 5 nitrogen and oxygen atoms in total. The summed E-state index contributed by atoms with van der Waals surface area (Å²) in [6.07, 6.45) is 1.63. The number of benzene rings is 2. The first-order valence-corrected chi connectivity index (χ1v) is 6.61. The van der Waals surface area contributed by atoms with Crippen LogP contribution in [-0.2, 0) is 0 Å². The Bertz CT molecular complexity index is 802. The second kappa shape index (κ2) is 5.76. The number of aromatic nitrogens is 2. The first-order valence-electron chi connectivity index (χ1n) is 6.23. The van der Waals surface area contributed by atoms with E-state index in [4.69, 9.17) is 11.6 Å².